The van der Waals surface area contributed by atoms with Crippen LogP contribution in [0, 0.1) is 0 Å². The van der Waals surface area contributed by atoms with Gasteiger partial charge in [0.05, 0.1) is 18.6 Å². The number of aliphatic hydroxyl groups excluding tert-OH is 1. The number of anilines is 1. The lowest BCUT2D eigenvalue weighted by Gasteiger charge is -2.44. The molecule has 2 N–H and O–H groups in total. The van der Waals surface area contributed by atoms with Crippen LogP contribution >= 0.6 is 0 Å². The molecule has 2 aliphatic heterocycles. The van der Waals surface area contributed by atoms with Crippen molar-refractivity contribution in [3.05, 3.63) is 65.7 Å². The largest absolute Gasteiger partial charge is 0.441 e. The number of hydrogen-bond donors (Lipinski definition) is 2. The van der Waals surface area contributed by atoms with Gasteiger partial charge in [-0.2, -0.15) is 0 Å². The van der Waals surface area contributed by atoms with Crippen molar-refractivity contribution >= 4 is 11.8 Å². The summed E-state index contributed by atoms with van der Waals surface area (Å²) in [7, 11) is 0. The van der Waals surface area contributed by atoms with Crippen LogP contribution in [0.4, 0.5) is 19.3 Å². The molecule has 0 bridgehead atoms. The highest BCUT2D eigenvalue weighted by Crippen LogP contribution is 2.41. The summed E-state index contributed by atoms with van der Waals surface area (Å²) in [4.78, 5) is 13.4. The summed E-state index contributed by atoms with van der Waals surface area (Å²) in [5.74, 6) is 0. The number of benzene rings is 2. The molecule has 2 unspecified atom stereocenters. The van der Waals surface area contributed by atoms with Crippen molar-refractivity contribution in [1.29, 1.82) is 0 Å². The van der Waals surface area contributed by atoms with Gasteiger partial charge in [-0.3, -0.25) is 4.90 Å². The summed E-state index contributed by atoms with van der Waals surface area (Å²) in [5.41, 5.74) is 0.712. The number of hydrogen-bond acceptors (Lipinski definition) is 4. The highest BCUT2D eigenvalue weighted by Gasteiger charge is 2.50. The van der Waals surface area contributed by atoms with Gasteiger partial charge in [-0.1, -0.05) is 42.5 Å². The van der Waals surface area contributed by atoms with Crippen LogP contribution in [-0.2, 0) is 16.6 Å². The second-order valence-electron chi connectivity index (χ2n) is 7.64. The van der Waals surface area contributed by atoms with E-state index in [-0.39, 0.29) is 32.7 Å². The van der Waals surface area contributed by atoms with Gasteiger partial charge in [0.15, 0.2) is 0 Å². The van der Waals surface area contributed by atoms with Crippen LogP contribution in [0.25, 0.3) is 0 Å². The first-order valence-corrected chi connectivity index (χ1v) is 9.77. The third kappa shape index (κ3) is 3.60. The summed E-state index contributed by atoms with van der Waals surface area (Å²) >= 11 is 0. The number of cyclic esters (lactones) is 1. The Hall–Kier alpha value is -2.51. The fourth-order valence-corrected chi connectivity index (χ4v) is 4.30. The fourth-order valence-electron chi connectivity index (χ4n) is 4.30. The molecule has 0 saturated carbocycles. The van der Waals surface area contributed by atoms with Gasteiger partial charge in [-0.25, -0.2) is 13.6 Å². The summed E-state index contributed by atoms with van der Waals surface area (Å²) < 4.78 is 35.6. The van der Waals surface area contributed by atoms with Crippen LogP contribution in [0.3, 0.4) is 0 Å². The fraction of sp³-hybridized carbons (Fsp3) is 0.409. The van der Waals surface area contributed by atoms with Gasteiger partial charge >= 0.3 is 6.09 Å². The van der Waals surface area contributed by atoms with E-state index in [0.717, 1.165) is 5.56 Å². The van der Waals surface area contributed by atoms with Gasteiger partial charge < -0.3 is 15.2 Å². The monoisotopic (exact) mass is 402 g/mol. The Morgan fingerprint density at radius 1 is 1.07 bits per heavy atom. The van der Waals surface area contributed by atoms with E-state index in [0.29, 0.717) is 11.3 Å². The second-order valence-corrected chi connectivity index (χ2v) is 7.64. The van der Waals surface area contributed by atoms with Crippen molar-refractivity contribution in [2.75, 3.05) is 31.1 Å². The standard InChI is InChI=1S/C22H24F2N2O3/c23-19-11-25-12-20(24)22(19,10-15-4-2-1-3-5-15)16-6-8-17(9-7-16)26-13-18(14-27)29-21(26)28/h1-9,18-20,25,27H,10-14H2/t18-,19?,20?,22?/m1/s1. The Morgan fingerprint density at radius 2 is 1.72 bits per heavy atom. The van der Waals surface area contributed by atoms with Gasteiger partial charge in [-0.15, -0.1) is 0 Å². The minimum Gasteiger partial charge on any atom is -0.441 e. The smallest absolute Gasteiger partial charge is 0.414 e. The molecule has 2 saturated heterocycles. The lowest BCUT2D eigenvalue weighted by atomic mass is 9.67. The Labute approximate surface area is 168 Å². The van der Waals surface area contributed by atoms with Gasteiger partial charge in [0.1, 0.15) is 18.4 Å². The Kier molecular flexibility index (Phi) is 5.52. The third-order valence-electron chi connectivity index (χ3n) is 5.90. The zero-order valence-corrected chi connectivity index (χ0v) is 15.9. The number of aliphatic hydroxyl groups is 1. The quantitative estimate of drug-likeness (QED) is 0.808. The highest BCUT2D eigenvalue weighted by atomic mass is 19.1. The maximum Gasteiger partial charge on any atom is 0.414 e. The SMILES string of the molecule is O=C1O[C@@H](CO)CN1c1ccc(C2(Cc3ccccc3)C(F)CNCC2F)cc1. The molecule has 0 radical (unpaired) electrons. The first-order valence-electron chi connectivity index (χ1n) is 9.77. The van der Waals surface area contributed by atoms with E-state index >= 15 is 8.78 Å². The van der Waals surface area contributed by atoms with Gasteiger partial charge in [0.25, 0.3) is 0 Å². The zero-order chi connectivity index (χ0) is 20.4. The topological polar surface area (TPSA) is 61.8 Å². The molecular formula is C22H24F2N2O3. The van der Waals surface area contributed by atoms with Crippen molar-refractivity contribution in [2.45, 2.75) is 30.3 Å². The third-order valence-corrected chi connectivity index (χ3v) is 5.90. The molecule has 0 spiro atoms. The van der Waals surface area contributed by atoms with Crippen molar-refractivity contribution < 1.29 is 23.4 Å². The number of carbonyl (C=O) groups is 1. The molecule has 7 heteroatoms. The van der Waals surface area contributed by atoms with Crippen molar-refractivity contribution in [3.8, 4) is 0 Å². The maximum absolute atomic E-state index is 15.3. The first-order chi connectivity index (χ1) is 14.0. The molecule has 5 nitrogen and oxygen atoms in total. The number of amides is 1. The van der Waals surface area contributed by atoms with Crippen LogP contribution in [0.15, 0.2) is 54.6 Å². The molecule has 29 heavy (non-hydrogen) atoms. The lowest BCUT2D eigenvalue weighted by Crippen LogP contribution is -2.59. The van der Waals surface area contributed by atoms with Crippen LogP contribution in [0.2, 0.25) is 0 Å². The van der Waals surface area contributed by atoms with Crippen molar-refractivity contribution in [2.24, 2.45) is 0 Å². The zero-order valence-electron chi connectivity index (χ0n) is 15.9. The highest BCUT2D eigenvalue weighted by molar-refractivity contribution is 5.89. The summed E-state index contributed by atoms with van der Waals surface area (Å²) in [6.07, 6.45) is -3.65. The van der Waals surface area contributed by atoms with Crippen LogP contribution in [0.1, 0.15) is 11.1 Å². The predicted octanol–water partition coefficient (Wildman–Crippen LogP) is 2.76. The minimum atomic E-state index is -1.40. The number of carbonyl (C=O) groups excluding carboxylic acids is 1. The number of halogens is 2. The molecule has 0 aromatic heterocycles. The molecular weight excluding hydrogens is 378 g/mol. The molecule has 2 heterocycles. The van der Waals surface area contributed by atoms with Crippen molar-refractivity contribution in [1.82, 2.24) is 5.32 Å². The number of rotatable bonds is 5. The van der Waals surface area contributed by atoms with E-state index in [1.54, 1.807) is 24.3 Å². The number of ether oxygens (including phenoxy) is 1. The number of alkyl halides is 2. The number of piperidine rings is 1. The van der Waals surface area contributed by atoms with Crippen LogP contribution in [0.5, 0.6) is 0 Å². The first kappa shape index (κ1) is 19.8. The number of nitrogens with zero attached hydrogens (tertiary/aromatic N) is 1. The van der Waals surface area contributed by atoms with E-state index in [4.69, 9.17) is 4.74 Å². The minimum absolute atomic E-state index is 0.0889. The van der Waals surface area contributed by atoms with Gasteiger partial charge in [0.2, 0.25) is 0 Å². The Bertz CT molecular complexity index is 837. The maximum atomic E-state index is 15.3. The molecule has 1 amide bonds. The van der Waals surface area contributed by atoms with E-state index in [1.165, 1.54) is 4.90 Å². The molecule has 4 rings (SSSR count). The lowest BCUT2D eigenvalue weighted by molar-refractivity contribution is 0.0531. The van der Waals surface area contributed by atoms with Crippen molar-refractivity contribution in [3.63, 3.8) is 0 Å². The van der Waals surface area contributed by atoms with Gasteiger partial charge in [-0.05, 0) is 29.7 Å². The molecule has 3 atom stereocenters. The molecule has 0 aliphatic carbocycles. The summed E-state index contributed by atoms with van der Waals surface area (Å²) in [5, 5.41) is 12.0. The Balaban J connectivity index is 1.67. The summed E-state index contributed by atoms with van der Waals surface area (Å²) in [6, 6.07) is 16.1. The van der Waals surface area contributed by atoms with E-state index in [9.17, 15) is 9.90 Å². The van der Waals surface area contributed by atoms with E-state index < -0.39 is 30.0 Å². The number of nitrogens with one attached hydrogen (secondary N) is 1. The average molecular weight is 402 g/mol. The Morgan fingerprint density at radius 3 is 2.31 bits per heavy atom. The predicted molar refractivity (Wildman–Crippen MR) is 106 cm³/mol. The molecule has 2 aromatic rings. The second kappa shape index (κ2) is 8.08. The van der Waals surface area contributed by atoms with E-state index in [2.05, 4.69) is 5.32 Å². The summed E-state index contributed by atoms with van der Waals surface area (Å²) in [6.45, 7) is 0.170. The molecule has 2 fully saturated rings. The molecule has 2 aromatic carbocycles. The van der Waals surface area contributed by atoms with Crippen LogP contribution in [-0.4, -0.2) is 55.9 Å². The molecule has 2 aliphatic rings. The van der Waals surface area contributed by atoms with Gasteiger partial charge in [0, 0.05) is 18.8 Å². The normalized spacial score (nSPS) is 29.7. The molecule has 154 valence electrons. The van der Waals surface area contributed by atoms with E-state index in [1.807, 2.05) is 30.3 Å². The van der Waals surface area contributed by atoms with Crippen LogP contribution < -0.4 is 10.2 Å². The average Bonchev–Trinajstić information content (AvgIpc) is 3.13.